The van der Waals surface area contributed by atoms with Gasteiger partial charge in [-0.25, -0.2) is 9.97 Å². The third-order valence-corrected chi connectivity index (χ3v) is 7.16. The highest BCUT2D eigenvalue weighted by atomic mass is 15.0. The summed E-state index contributed by atoms with van der Waals surface area (Å²) in [6.45, 7) is 0. The van der Waals surface area contributed by atoms with Gasteiger partial charge in [0, 0.05) is 33.0 Å². The normalized spacial score (nSPS) is 12.0. The number of aromatic nitrogens is 3. The average molecular weight is 446 g/mol. The molecule has 162 valence electrons. The van der Waals surface area contributed by atoms with Crippen LogP contribution in [0.5, 0.6) is 0 Å². The lowest BCUT2D eigenvalue weighted by atomic mass is 10.1. The maximum atomic E-state index is 5.06. The molecule has 1 aliphatic rings. The van der Waals surface area contributed by atoms with Crippen molar-refractivity contribution in [3.05, 3.63) is 115 Å². The van der Waals surface area contributed by atoms with E-state index in [-0.39, 0.29) is 0 Å². The van der Waals surface area contributed by atoms with E-state index in [1.165, 1.54) is 38.5 Å². The third kappa shape index (κ3) is 2.55. The van der Waals surface area contributed by atoms with E-state index < -0.39 is 0 Å². The largest absolute Gasteiger partial charge is 0.309 e. The van der Waals surface area contributed by atoms with Gasteiger partial charge < -0.3 is 4.57 Å². The van der Waals surface area contributed by atoms with Crippen molar-refractivity contribution in [3.63, 3.8) is 0 Å². The summed E-state index contributed by atoms with van der Waals surface area (Å²) in [5.74, 6) is 0.759. The van der Waals surface area contributed by atoms with Crippen LogP contribution in [-0.2, 0) is 0 Å². The molecule has 3 heteroatoms. The number of hydrogen-bond acceptors (Lipinski definition) is 2. The highest BCUT2D eigenvalue weighted by molar-refractivity contribution is 6.13. The monoisotopic (exact) mass is 445 g/mol. The fraction of sp³-hybridized carbons (Fsp3) is 0. The van der Waals surface area contributed by atoms with Gasteiger partial charge in [-0.2, -0.15) is 0 Å². The van der Waals surface area contributed by atoms with E-state index in [4.69, 9.17) is 9.97 Å². The second kappa shape index (κ2) is 6.87. The van der Waals surface area contributed by atoms with Crippen LogP contribution in [0.3, 0.4) is 0 Å². The predicted octanol–water partition coefficient (Wildman–Crippen LogP) is 8.04. The van der Waals surface area contributed by atoms with E-state index in [0.717, 1.165) is 33.7 Å². The van der Waals surface area contributed by atoms with Crippen LogP contribution < -0.4 is 0 Å². The number of benzene rings is 5. The predicted molar refractivity (Wildman–Crippen MR) is 144 cm³/mol. The average Bonchev–Trinajstić information content (AvgIpc) is 3.43. The second-order valence-electron chi connectivity index (χ2n) is 9.06. The van der Waals surface area contributed by atoms with Crippen LogP contribution in [0.1, 0.15) is 0 Å². The standard InChI is InChI=1S/C32H19N3/c1-2-11-26-22(8-1)25-12-7-13-27-30(25)31(26)34-32(33-27)20-16-18-21(19-17-20)35-28-14-5-3-9-23(28)24-10-4-6-15-29(24)35/h1-19H. The maximum Gasteiger partial charge on any atom is 0.160 e. The number of fused-ring (bicyclic) bond motifs is 6. The summed E-state index contributed by atoms with van der Waals surface area (Å²) in [7, 11) is 0. The zero-order valence-corrected chi connectivity index (χ0v) is 18.8. The first kappa shape index (κ1) is 18.6. The molecule has 1 aliphatic carbocycles. The highest BCUT2D eigenvalue weighted by Gasteiger charge is 2.24. The molecule has 0 radical (unpaired) electrons. The molecule has 0 saturated carbocycles. The number of rotatable bonds is 2. The van der Waals surface area contributed by atoms with Crippen LogP contribution in [0.25, 0.3) is 72.2 Å². The van der Waals surface area contributed by atoms with Gasteiger partial charge in [0.25, 0.3) is 0 Å². The van der Waals surface area contributed by atoms with E-state index in [1.54, 1.807) is 0 Å². The Bertz CT molecular complexity index is 1890. The van der Waals surface area contributed by atoms with Crippen molar-refractivity contribution in [2.24, 2.45) is 0 Å². The summed E-state index contributed by atoms with van der Waals surface area (Å²) in [5.41, 5.74) is 10.2. The molecule has 2 aromatic heterocycles. The molecular weight excluding hydrogens is 426 g/mol. The van der Waals surface area contributed by atoms with Gasteiger partial charge in [0.05, 0.1) is 22.2 Å². The van der Waals surface area contributed by atoms with Crippen LogP contribution in [0.4, 0.5) is 0 Å². The van der Waals surface area contributed by atoms with Gasteiger partial charge in [-0.3, -0.25) is 0 Å². The first-order valence-corrected chi connectivity index (χ1v) is 11.9. The van der Waals surface area contributed by atoms with E-state index in [1.807, 2.05) is 0 Å². The molecule has 0 unspecified atom stereocenters. The lowest BCUT2D eigenvalue weighted by Crippen LogP contribution is -1.95. The molecule has 0 amide bonds. The Morgan fingerprint density at radius 1 is 0.486 bits per heavy atom. The SMILES string of the molecule is c1ccc2c(c1)-c1cccc3nc(-c4ccc(-n5c6ccccc6c6ccccc65)cc4)nc-2c13. The van der Waals surface area contributed by atoms with Crippen LogP contribution in [0.2, 0.25) is 0 Å². The molecule has 0 atom stereocenters. The molecule has 0 N–H and O–H groups in total. The molecule has 3 nitrogen and oxygen atoms in total. The van der Waals surface area contributed by atoms with Gasteiger partial charge in [0.15, 0.2) is 5.82 Å². The van der Waals surface area contributed by atoms with Gasteiger partial charge in [-0.1, -0.05) is 72.8 Å². The van der Waals surface area contributed by atoms with Gasteiger partial charge in [0.2, 0.25) is 0 Å². The molecule has 35 heavy (non-hydrogen) atoms. The van der Waals surface area contributed by atoms with E-state index in [2.05, 4.69) is 120 Å². The molecule has 0 spiro atoms. The molecule has 5 aromatic carbocycles. The van der Waals surface area contributed by atoms with Crippen molar-refractivity contribution in [1.29, 1.82) is 0 Å². The summed E-state index contributed by atoms with van der Waals surface area (Å²) < 4.78 is 2.33. The highest BCUT2D eigenvalue weighted by Crippen LogP contribution is 2.46. The zero-order chi connectivity index (χ0) is 22.9. The Labute approximate surface area is 202 Å². The number of para-hydroxylation sites is 2. The topological polar surface area (TPSA) is 30.7 Å². The maximum absolute atomic E-state index is 5.06. The Balaban J connectivity index is 1.30. The lowest BCUT2D eigenvalue weighted by Gasteiger charge is -2.10. The van der Waals surface area contributed by atoms with Crippen molar-refractivity contribution >= 4 is 32.7 Å². The van der Waals surface area contributed by atoms with Crippen molar-refractivity contribution in [1.82, 2.24) is 14.5 Å². The van der Waals surface area contributed by atoms with E-state index in [9.17, 15) is 0 Å². The molecule has 8 rings (SSSR count). The Morgan fingerprint density at radius 3 is 1.86 bits per heavy atom. The second-order valence-corrected chi connectivity index (χ2v) is 9.06. The molecule has 0 saturated heterocycles. The summed E-state index contributed by atoms with van der Waals surface area (Å²) in [5, 5.41) is 3.68. The molecule has 0 fully saturated rings. The summed E-state index contributed by atoms with van der Waals surface area (Å²) in [6.07, 6.45) is 0. The molecule has 0 aliphatic heterocycles. The Hall–Kier alpha value is -4.76. The van der Waals surface area contributed by atoms with Gasteiger partial charge in [0.1, 0.15) is 0 Å². The summed E-state index contributed by atoms with van der Waals surface area (Å²) in [4.78, 5) is 10.0. The lowest BCUT2D eigenvalue weighted by molar-refractivity contribution is 1.17. The smallest absolute Gasteiger partial charge is 0.160 e. The molecule has 7 aromatic rings. The zero-order valence-electron chi connectivity index (χ0n) is 18.8. The quantitative estimate of drug-likeness (QED) is 0.269. The van der Waals surface area contributed by atoms with Crippen LogP contribution in [-0.4, -0.2) is 14.5 Å². The minimum atomic E-state index is 0.759. The third-order valence-electron chi connectivity index (χ3n) is 7.16. The minimum Gasteiger partial charge on any atom is -0.309 e. The van der Waals surface area contributed by atoms with Gasteiger partial charge in [-0.05, 0) is 53.6 Å². The molecular formula is C32H19N3. The first-order chi connectivity index (χ1) is 17.4. The van der Waals surface area contributed by atoms with E-state index in [0.29, 0.717) is 0 Å². The first-order valence-electron chi connectivity index (χ1n) is 11.9. The Morgan fingerprint density at radius 2 is 1.11 bits per heavy atom. The fourth-order valence-corrected chi connectivity index (χ4v) is 5.62. The van der Waals surface area contributed by atoms with Crippen molar-refractivity contribution in [3.8, 4) is 39.5 Å². The van der Waals surface area contributed by atoms with Gasteiger partial charge >= 0.3 is 0 Å². The fourth-order valence-electron chi connectivity index (χ4n) is 5.62. The van der Waals surface area contributed by atoms with Crippen LogP contribution in [0, 0.1) is 0 Å². The van der Waals surface area contributed by atoms with E-state index >= 15 is 0 Å². The van der Waals surface area contributed by atoms with Gasteiger partial charge in [-0.15, -0.1) is 0 Å². The van der Waals surface area contributed by atoms with Crippen molar-refractivity contribution in [2.75, 3.05) is 0 Å². The van der Waals surface area contributed by atoms with Crippen molar-refractivity contribution < 1.29 is 0 Å². The number of hydrogen-bond donors (Lipinski definition) is 0. The van der Waals surface area contributed by atoms with Crippen LogP contribution >= 0.6 is 0 Å². The Kier molecular flexibility index (Phi) is 3.66. The molecule has 2 heterocycles. The summed E-state index contributed by atoms with van der Waals surface area (Å²) >= 11 is 0. The number of nitrogens with zero attached hydrogens (tertiary/aromatic N) is 3. The summed E-state index contributed by atoms with van der Waals surface area (Å²) in [6, 6.07) is 40.6. The molecule has 0 bridgehead atoms. The minimum absolute atomic E-state index is 0.759. The van der Waals surface area contributed by atoms with Crippen molar-refractivity contribution in [2.45, 2.75) is 0 Å². The van der Waals surface area contributed by atoms with Crippen LogP contribution in [0.15, 0.2) is 115 Å².